The Balaban J connectivity index is 1.78. The van der Waals surface area contributed by atoms with Crippen molar-refractivity contribution in [2.45, 2.75) is 12.1 Å². The number of anilines is 4. The highest BCUT2D eigenvalue weighted by Gasteiger charge is 2.56. The van der Waals surface area contributed by atoms with Gasteiger partial charge in [-0.3, -0.25) is 4.90 Å². The van der Waals surface area contributed by atoms with Crippen molar-refractivity contribution in [1.82, 2.24) is 20.2 Å². The van der Waals surface area contributed by atoms with Crippen molar-refractivity contribution in [3.8, 4) is 0 Å². The number of nitrogens with two attached hydrogens (primary N) is 1. The number of fused-ring (bicyclic) bond motifs is 3. The molecule has 3 aromatic rings. The second kappa shape index (κ2) is 8.84. The molecule has 1 fully saturated rings. The summed E-state index contributed by atoms with van der Waals surface area (Å²) in [5, 5.41) is 3.28. The van der Waals surface area contributed by atoms with Crippen molar-refractivity contribution in [3.05, 3.63) is 59.5 Å². The number of nitrogens with one attached hydrogen (secondary N) is 2. The molecule has 3 heterocycles. The number of urea groups is 1. The zero-order valence-electron chi connectivity index (χ0n) is 21.9. The topological polar surface area (TPSA) is 121 Å². The largest absolute Gasteiger partial charge is 0.399 e. The number of nitrogens with zero attached hydrogens (tertiary/aromatic N) is 7. The number of rotatable bonds is 6. The summed E-state index contributed by atoms with van der Waals surface area (Å²) in [5.41, 5.74) is 10.8. The van der Waals surface area contributed by atoms with Gasteiger partial charge in [0, 0.05) is 53.5 Å². The van der Waals surface area contributed by atoms with E-state index < -0.39 is 5.54 Å². The van der Waals surface area contributed by atoms with E-state index >= 15 is 0 Å². The molecule has 4 N–H and O–H groups in total. The Morgan fingerprint density at radius 3 is 2.30 bits per heavy atom. The summed E-state index contributed by atoms with van der Waals surface area (Å²) in [5.74, 6) is 0.993. The molecule has 0 saturated carbocycles. The van der Waals surface area contributed by atoms with Gasteiger partial charge in [-0.25, -0.2) is 19.8 Å². The average Bonchev–Trinajstić information content (AvgIpc) is 3.39. The van der Waals surface area contributed by atoms with Crippen molar-refractivity contribution in [3.63, 3.8) is 0 Å². The zero-order valence-corrected chi connectivity index (χ0v) is 21.9. The van der Waals surface area contributed by atoms with Gasteiger partial charge in [-0.15, -0.1) is 0 Å². The Kier molecular flexibility index (Phi) is 5.77. The molecule has 192 valence electrons. The minimum atomic E-state index is -1.15. The molecule has 2 aliphatic heterocycles. The smallest absolute Gasteiger partial charge is 0.324 e. The molecule has 2 aliphatic rings. The van der Waals surface area contributed by atoms with Crippen LogP contribution in [0.25, 0.3) is 0 Å². The number of nitrogen functional groups attached to an aromatic ring is 1. The van der Waals surface area contributed by atoms with E-state index in [1.165, 1.54) is 6.34 Å². The molecule has 37 heavy (non-hydrogen) atoms. The van der Waals surface area contributed by atoms with Crippen LogP contribution in [-0.2, 0) is 12.1 Å². The number of carbonyl (C=O) groups excluding carboxylic acids is 1. The lowest BCUT2D eigenvalue weighted by molar-refractivity contribution is 0.225. The van der Waals surface area contributed by atoms with E-state index in [4.69, 9.17) is 10.7 Å². The fraction of sp³-hybridized carbons (Fsp3) is 0.308. The monoisotopic (exact) mass is 500 g/mol. The molecule has 2 aromatic carbocycles. The molecule has 1 aromatic heterocycles. The Morgan fingerprint density at radius 2 is 1.65 bits per heavy atom. The molecule has 2 amide bonds. The number of aliphatic imine (C=N–C) groups is 2. The quantitative estimate of drug-likeness (QED) is 0.448. The van der Waals surface area contributed by atoms with Crippen molar-refractivity contribution < 1.29 is 4.79 Å². The van der Waals surface area contributed by atoms with E-state index in [0.29, 0.717) is 29.6 Å². The van der Waals surface area contributed by atoms with Crippen LogP contribution in [0, 0.1) is 0 Å². The highest BCUT2D eigenvalue weighted by Crippen LogP contribution is 2.49. The Morgan fingerprint density at radius 1 is 0.946 bits per heavy atom. The number of aromatic nitrogens is 2. The molecular formula is C26H32N10O. The fourth-order valence-electron chi connectivity index (χ4n) is 5.12. The van der Waals surface area contributed by atoms with E-state index in [1.54, 1.807) is 11.2 Å². The second-order valence-corrected chi connectivity index (χ2v) is 9.82. The van der Waals surface area contributed by atoms with Crippen molar-refractivity contribution in [2.75, 3.05) is 62.7 Å². The summed E-state index contributed by atoms with van der Waals surface area (Å²) < 4.78 is 0. The standard InChI is InChI=1S/C26H32N10O/c1-33(2)19-12-11-18(20(34(3)4)21(19)35(5)6)26-22-23(29-14-28-22)30-15-31-24(26)36(25(37)32-26)13-16-7-9-17(27)10-8-16/h7-12,14-15H,13,27H2,1-6H3,(H,28,29)(H,32,37). The summed E-state index contributed by atoms with van der Waals surface area (Å²) in [6.45, 7) is 0.317. The summed E-state index contributed by atoms with van der Waals surface area (Å²) in [4.78, 5) is 38.5. The summed E-state index contributed by atoms with van der Waals surface area (Å²) >= 11 is 0. The number of hydrogen-bond acceptors (Lipinski definition) is 8. The predicted molar refractivity (Wildman–Crippen MR) is 149 cm³/mol. The molecule has 0 radical (unpaired) electrons. The van der Waals surface area contributed by atoms with Gasteiger partial charge in [0.05, 0.1) is 35.6 Å². The van der Waals surface area contributed by atoms with E-state index in [9.17, 15) is 4.79 Å². The molecule has 1 unspecified atom stereocenters. The number of amidine groups is 1. The van der Waals surface area contributed by atoms with Crippen LogP contribution >= 0.6 is 0 Å². The van der Waals surface area contributed by atoms with Crippen LogP contribution < -0.4 is 25.8 Å². The van der Waals surface area contributed by atoms with Gasteiger partial charge in [-0.05, 0) is 23.8 Å². The van der Waals surface area contributed by atoms with Crippen LogP contribution in [-0.4, -0.2) is 75.4 Å². The Labute approximate surface area is 216 Å². The third kappa shape index (κ3) is 3.74. The first-order valence-corrected chi connectivity index (χ1v) is 11.9. The number of aromatic amines is 1. The summed E-state index contributed by atoms with van der Waals surface area (Å²) in [6, 6.07) is 11.3. The molecule has 11 heteroatoms. The van der Waals surface area contributed by atoms with Crippen LogP contribution in [0.2, 0.25) is 0 Å². The zero-order chi connectivity index (χ0) is 26.5. The third-order valence-corrected chi connectivity index (χ3v) is 6.72. The minimum Gasteiger partial charge on any atom is -0.399 e. The van der Waals surface area contributed by atoms with Gasteiger partial charge in [-0.1, -0.05) is 18.2 Å². The molecule has 11 nitrogen and oxygen atoms in total. The predicted octanol–water partition coefficient (Wildman–Crippen LogP) is 2.73. The number of amides is 2. The van der Waals surface area contributed by atoms with Gasteiger partial charge < -0.3 is 30.7 Å². The van der Waals surface area contributed by atoms with Gasteiger partial charge in [0.1, 0.15) is 6.34 Å². The average molecular weight is 501 g/mol. The lowest BCUT2D eigenvalue weighted by Crippen LogP contribution is -2.46. The van der Waals surface area contributed by atoms with Gasteiger partial charge in [0.15, 0.2) is 17.2 Å². The maximum atomic E-state index is 13.7. The number of H-pyrrole nitrogens is 1. The first kappa shape index (κ1) is 24.2. The lowest BCUT2D eigenvalue weighted by atomic mass is 9.83. The molecule has 0 aliphatic carbocycles. The van der Waals surface area contributed by atoms with Crippen LogP contribution in [0.5, 0.6) is 0 Å². The lowest BCUT2D eigenvalue weighted by Gasteiger charge is -2.36. The Bertz CT molecular complexity index is 1400. The maximum Gasteiger partial charge on any atom is 0.324 e. The number of imidazole rings is 1. The first-order chi connectivity index (χ1) is 17.6. The van der Waals surface area contributed by atoms with Crippen molar-refractivity contribution in [2.24, 2.45) is 9.98 Å². The SMILES string of the molecule is CN(C)c1ccc(C23NC(=O)N(Cc4ccc(N)cc4)C2=NC=Nc2nc[nH]c23)c(N(C)C)c1N(C)C. The maximum absolute atomic E-state index is 13.7. The van der Waals surface area contributed by atoms with Crippen LogP contribution in [0.15, 0.2) is 52.7 Å². The first-order valence-electron chi connectivity index (χ1n) is 11.9. The molecule has 1 atom stereocenters. The van der Waals surface area contributed by atoms with E-state index in [0.717, 1.165) is 28.2 Å². The number of hydrogen-bond donors (Lipinski definition) is 3. The fourth-order valence-corrected chi connectivity index (χ4v) is 5.12. The normalized spacial score (nSPS) is 18.1. The van der Waals surface area contributed by atoms with Gasteiger partial charge in [0.25, 0.3) is 0 Å². The van der Waals surface area contributed by atoms with Crippen LogP contribution in [0.1, 0.15) is 16.8 Å². The summed E-state index contributed by atoms with van der Waals surface area (Å²) in [7, 11) is 12.1. The molecule has 0 spiro atoms. The molecule has 0 bridgehead atoms. The number of carbonyl (C=O) groups is 1. The summed E-state index contributed by atoms with van der Waals surface area (Å²) in [6.07, 6.45) is 3.06. The van der Waals surface area contributed by atoms with E-state index in [-0.39, 0.29) is 6.03 Å². The molecular weight excluding hydrogens is 468 g/mol. The second-order valence-electron chi connectivity index (χ2n) is 9.82. The Hall–Kier alpha value is -4.54. The van der Waals surface area contributed by atoms with Gasteiger partial charge in [-0.2, -0.15) is 0 Å². The van der Waals surface area contributed by atoms with Crippen LogP contribution in [0.3, 0.4) is 0 Å². The van der Waals surface area contributed by atoms with Crippen LogP contribution in [0.4, 0.5) is 33.4 Å². The van der Waals surface area contributed by atoms with E-state index in [1.807, 2.05) is 66.6 Å². The highest BCUT2D eigenvalue weighted by atomic mass is 16.2. The van der Waals surface area contributed by atoms with Crippen molar-refractivity contribution >= 4 is 46.8 Å². The third-order valence-electron chi connectivity index (χ3n) is 6.72. The molecule has 1 saturated heterocycles. The van der Waals surface area contributed by atoms with E-state index in [2.05, 4.69) is 47.1 Å². The minimum absolute atomic E-state index is 0.265. The molecule has 5 rings (SSSR count). The van der Waals surface area contributed by atoms with Gasteiger partial charge >= 0.3 is 6.03 Å². The number of benzene rings is 2. The van der Waals surface area contributed by atoms with Crippen molar-refractivity contribution in [1.29, 1.82) is 0 Å². The van der Waals surface area contributed by atoms with Gasteiger partial charge in [0.2, 0.25) is 0 Å². The highest BCUT2D eigenvalue weighted by molar-refractivity contribution is 6.16.